The monoisotopic (exact) mass is 390 g/mol. The number of rotatable bonds is 6. The van der Waals surface area contributed by atoms with E-state index >= 15 is 0 Å². The Kier molecular flexibility index (Phi) is 5.29. The van der Waals surface area contributed by atoms with Gasteiger partial charge in [0.25, 0.3) is 10.1 Å². The van der Waals surface area contributed by atoms with E-state index in [4.69, 9.17) is 18.4 Å². The lowest BCUT2D eigenvalue weighted by Crippen LogP contribution is -2.45. The van der Waals surface area contributed by atoms with Gasteiger partial charge in [0.1, 0.15) is 12.2 Å². The second-order valence-electron chi connectivity index (χ2n) is 6.85. The molecule has 0 aromatic heterocycles. The molecule has 2 aliphatic rings. The molecule has 0 radical (unpaired) electrons. The summed E-state index contributed by atoms with van der Waals surface area (Å²) in [4.78, 5) is 0.120. The topological polar surface area (TPSA) is 71.1 Å². The van der Waals surface area contributed by atoms with Crippen LogP contribution in [0, 0.1) is 6.92 Å². The number of hydrogen-bond donors (Lipinski definition) is 0. The Bertz CT molecular complexity index is 865. The Morgan fingerprint density at radius 1 is 1.04 bits per heavy atom. The fraction of sp³-hybridized carbons (Fsp3) is 0.400. The molecular weight excluding hydrogens is 368 g/mol. The summed E-state index contributed by atoms with van der Waals surface area (Å²) < 4.78 is 48.0. The van der Waals surface area contributed by atoms with Crippen LogP contribution in [-0.4, -0.2) is 39.6 Å². The zero-order valence-electron chi connectivity index (χ0n) is 15.0. The lowest BCUT2D eigenvalue weighted by molar-refractivity contribution is -0.184. The van der Waals surface area contributed by atoms with Crippen LogP contribution in [0.25, 0.3) is 0 Å². The Morgan fingerprint density at radius 2 is 1.78 bits per heavy atom. The molecule has 2 aromatic carbocycles. The second kappa shape index (κ2) is 7.69. The maximum absolute atomic E-state index is 12.6. The van der Waals surface area contributed by atoms with Crippen LogP contribution >= 0.6 is 0 Å². The highest BCUT2D eigenvalue weighted by atomic mass is 32.2. The molecule has 0 N–H and O–H groups in total. The van der Waals surface area contributed by atoms with Crippen LogP contribution in [0.5, 0.6) is 0 Å². The maximum Gasteiger partial charge on any atom is 0.297 e. The Hall–Kier alpha value is -1.77. The van der Waals surface area contributed by atoms with Crippen LogP contribution in [0.15, 0.2) is 59.5 Å². The van der Waals surface area contributed by atoms with Gasteiger partial charge in [-0.1, -0.05) is 48.0 Å². The summed E-state index contributed by atoms with van der Waals surface area (Å²) in [6.45, 7) is 2.69. The van der Waals surface area contributed by atoms with Crippen LogP contribution in [-0.2, 0) is 35.1 Å². The molecule has 27 heavy (non-hydrogen) atoms. The van der Waals surface area contributed by atoms with Gasteiger partial charge in [-0.05, 0) is 24.6 Å². The fourth-order valence-corrected chi connectivity index (χ4v) is 4.36. The smallest absolute Gasteiger partial charge is 0.297 e. The molecule has 2 heterocycles. The van der Waals surface area contributed by atoms with E-state index < -0.39 is 22.5 Å². The van der Waals surface area contributed by atoms with Crippen molar-refractivity contribution in [3.63, 3.8) is 0 Å². The highest BCUT2D eigenvalue weighted by molar-refractivity contribution is 7.86. The van der Waals surface area contributed by atoms with Gasteiger partial charge in [0.05, 0.1) is 24.2 Å². The molecule has 2 bridgehead atoms. The molecule has 0 saturated carbocycles. The minimum atomic E-state index is -3.91. The molecule has 2 fully saturated rings. The van der Waals surface area contributed by atoms with Crippen molar-refractivity contribution in [3.8, 4) is 0 Å². The first kappa shape index (κ1) is 18.6. The molecule has 0 spiro atoms. The largest absolute Gasteiger partial charge is 0.371 e. The number of fused-ring (bicyclic) bond motifs is 2. The Labute approximate surface area is 159 Å². The summed E-state index contributed by atoms with van der Waals surface area (Å²) in [5, 5.41) is 0. The van der Waals surface area contributed by atoms with Gasteiger partial charge in [-0.25, -0.2) is 0 Å². The van der Waals surface area contributed by atoms with Crippen LogP contribution < -0.4 is 0 Å². The first-order valence-electron chi connectivity index (χ1n) is 8.94. The third kappa shape index (κ3) is 4.23. The van der Waals surface area contributed by atoms with Crippen LogP contribution in [0.3, 0.4) is 0 Å². The van der Waals surface area contributed by atoms with Gasteiger partial charge >= 0.3 is 0 Å². The molecule has 6 nitrogen and oxygen atoms in total. The van der Waals surface area contributed by atoms with E-state index in [1.54, 1.807) is 12.1 Å². The van der Waals surface area contributed by atoms with Gasteiger partial charge in [0, 0.05) is 6.42 Å². The summed E-state index contributed by atoms with van der Waals surface area (Å²) in [5.74, 6) is 0. The van der Waals surface area contributed by atoms with Gasteiger partial charge in [-0.2, -0.15) is 8.42 Å². The first-order chi connectivity index (χ1) is 13.0. The number of hydrogen-bond acceptors (Lipinski definition) is 6. The van der Waals surface area contributed by atoms with Crippen molar-refractivity contribution in [2.45, 2.75) is 49.4 Å². The fourth-order valence-electron chi connectivity index (χ4n) is 3.28. The molecule has 2 aromatic rings. The molecule has 7 heteroatoms. The normalized spacial score (nSPS) is 27.6. The zero-order chi connectivity index (χ0) is 18.9. The SMILES string of the molecule is Cc1ccc(S(=O)(=O)O[C@H]2C[C@H](OCc3ccccc3)[C@H]3CO[C@@H]2O3)cc1. The molecule has 0 unspecified atom stereocenters. The highest BCUT2D eigenvalue weighted by Crippen LogP contribution is 2.33. The van der Waals surface area contributed by atoms with E-state index in [9.17, 15) is 8.42 Å². The third-order valence-electron chi connectivity index (χ3n) is 4.78. The zero-order valence-corrected chi connectivity index (χ0v) is 15.8. The van der Waals surface area contributed by atoms with Gasteiger partial charge in [-0.15, -0.1) is 0 Å². The van der Waals surface area contributed by atoms with Crippen molar-refractivity contribution >= 4 is 10.1 Å². The molecular formula is C20H22O6S. The van der Waals surface area contributed by atoms with Crippen LogP contribution in [0.4, 0.5) is 0 Å². The number of benzene rings is 2. The minimum Gasteiger partial charge on any atom is -0.371 e. The summed E-state index contributed by atoms with van der Waals surface area (Å²) in [6.07, 6.45) is -1.53. The lowest BCUT2D eigenvalue weighted by Gasteiger charge is -2.32. The van der Waals surface area contributed by atoms with Crippen molar-refractivity contribution in [1.29, 1.82) is 0 Å². The number of aryl methyl sites for hydroxylation is 1. The quantitative estimate of drug-likeness (QED) is 0.707. The predicted octanol–water partition coefficient (Wildman–Crippen LogP) is 2.80. The van der Waals surface area contributed by atoms with Crippen molar-refractivity contribution in [2.24, 2.45) is 0 Å². The van der Waals surface area contributed by atoms with Crippen LogP contribution in [0.2, 0.25) is 0 Å². The van der Waals surface area contributed by atoms with E-state index in [-0.39, 0.29) is 17.1 Å². The Balaban J connectivity index is 1.44. The van der Waals surface area contributed by atoms with Crippen molar-refractivity contribution in [3.05, 3.63) is 65.7 Å². The molecule has 0 aliphatic carbocycles. The summed E-state index contributed by atoms with van der Waals surface area (Å²) in [6, 6.07) is 16.4. The lowest BCUT2D eigenvalue weighted by atomic mass is 10.0. The van der Waals surface area contributed by atoms with Crippen molar-refractivity contribution < 1.29 is 26.8 Å². The summed E-state index contributed by atoms with van der Waals surface area (Å²) >= 11 is 0. The van der Waals surface area contributed by atoms with Gasteiger partial charge in [0.15, 0.2) is 6.29 Å². The van der Waals surface area contributed by atoms with Gasteiger partial charge in [-0.3, -0.25) is 4.18 Å². The third-order valence-corrected chi connectivity index (χ3v) is 6.13. The second-order valence-corrected chi connectivity index (χ2v) is 8.42. The van der Waals surface area contributed by atoms with Gasteiger partial charge < -0.3 is 14.2 Å². The van der Waals surface area contributed by atoms with Crippen molar-refractivity contribution in [2.75, 3.05) is 6.61 Å². The van der Waals surface area contributed by atoms with E-state index in [1.807, 2.05) is 37.3 Å². The van der Waals surface area contributed by atoms with E-state index in [1.165, 1.54) is 12.1 Å². The van der Waals surface area contributed by atoms with Crippen LogP contribution in [0.1, 0.15) is 17.5 Å². The highest BCUT2D eigenvalue weighted by Gasteiger charge is 2.47. The molecule has 4 rings (SSSR count). The van der Waals surface area contributed by atoms with E-state index in [0.717, 1.165) is 11.1 Å². The van der Waals surface area contributed by atoms with E-state index in [2.05, 4.69) is 0 Å². The molecule has 4 atom stereocenters. The molecule has 2 aliphatic heterocycles. The Morgan fingerprint density at radius 3 is 2.52 bits per heavy atom. The van der Waals surface area contributed by atoms with Gasteiger partial charge in [0.2, 0.25) is 0 Å². The standard InChI is InChI=1S/C20H22O6S/c1-14-7-9-16(10-8-14)27(21,22)26-18-11-17(19-13-24-20(18)25-19)23-12-15-5-3-2-4-6-15/h2-10,17-20H,11-13H2,1H3/t17-,18-,19+,20+/m0/s1. The average Bonchev–Trinajstić information content (AvgIpc) is 3.09. The maximum atomic E-state index is 12.6. The van der Waals surface area contributed by atoms with E-state index in [0.29, 0.717) is 19.6 Å². The summed E-state index contributed by atoms with van der Waals surface area (Å²) in [5.41, 5.74) is 2.02. The number of ether oxygens (including phenoxy) is 3. The average molecular weight is 390 g/mol. The first-order valence-corrected chi connectivity index (χ1v) is 10.3. The molecule has 0 amide bonds. The summed E-state index contributed by atoms with van der Waals surface area (Å²) in [7, 11) is -3.91. The molecule has 144 valence electrons. The van der Waals surface area contributed by atoms with Crippen molar-refractivity contribution in [1.82, 2.24) is 0 Å². The molecule has 2 saturated heterocycles. The predicted molar refractivity (Wildman–Crippen MR) is 97.5 cm³/mol. The minimum absolute atomic E-state index is 0.120.